The number of H-pyrrole nitrogens is 1. The standard InChI is InChI=1S/C10H15N5O5/c11-10-13-7-4(8(19)14-10)12-2-15(7)9-6(18)5(17)3(1-16)20-9/h3,5-6,9,12,16-18H,1-2H2,(H3,11,13,14,19). The van der Waals surface area contributed by atoms with Crippen molar-refractivity contribution in [2.75, 3.05) is 29.2 Å². The second-order valence-electron chi connectivity index (χ2n) is 4.68. The van der Waals surface area contributed by atoms with Crippen LogP contribution in [0.4, 0.5) is 17.5 Å². The van der Waals surface area contributed by atoms with Crippen molar-refractivity contribution in [3.8, 4) is 0 Å². The highest BCUT2D eigenvalue weighted by Gasteiger charge is 2.47. The van der Waals surface area contributed by atoms with Gasteiger partial charge < -0.3 is 36.0 Å². The van der Waals surface area contributed by atoms with Crippen LogP contribution < -0.4 is 21.5 Å². The minimum atomic E-state index is -1.23. The number of aliphatic hydroxyl groups is 3. The zero-order valence-corrected chi connectivity index (χ0v) is 10.4. The largest absolute Gasteiger partial charge is 0.394 e. The molecule has 2 aliphatic heterocycles. The average Bonchev–Trinajstić information content (AvgIpc) is 2.93. The van der Waals surface area contributed by atoms with Gasteiger partial charge in [-0.3, -0.25) is 9.78 Å². The molecule has 1 aromatic rings. The molecule has 0 saturated carbocycles. The number of aliphatic hydroxyl groups excluding tert-OH is 3. The summed E-state index contributed by atoms with van der Waals surface area (Å²) in [5.41, 5.74) is 5.28. The van der Waals surface area contributed by atoms with E-state index in [4.69, 9.17) is 15.6 Å². The van der Waals surface area contributed by atoms with E-state index in [1.54, 1.807) is 0 Å². The van der Waals surface area contributed by atoms with Gasteiger partial charge in [0.1, 0.15) is 24.0 Å². The number of aromatic amines is 1. The fourth-order valence-corrected chi connectivity index (χ4v) is 2.43. The highest BCUT2D eigenvalue weighted by atomic mass is 16.6. The molecule has 3 rings (SSSR count). The van der Waals surface area contributed by atoms with Crippen molar-refractivity contribution in [1.82, 2.24) is 9.97 Å². The number of nitrogens with one attached hydrogen (secondary N) is 2. The third-order valence-electron chi connectivity index (χ3n) is 3.44. The molecule has 10 nitrogen and oxygen atoms in total. The summed E-state index contributed by atoms with van der Waals surface area (Å²) >= 11 is 0. The Morgan fingerprint density at radius 1 is 1.45 bits per heavy atom. The number of nitrogens with zero attached hydrogens (tertiary/aromatic N) is 2. The molecule has 7 N–H and O–H groups in total. The van der Waals surface area contributed by atoms with Gasteiger partial charge in [-0.1, -0.05) is 0 Å². The Balaban J connectivity index is 1.94. The maximum Gasteiger partial charge on any atom is 0.277 e. The molecule has 0 spiro atoms. The minimum Gasteiger partial charge on any atom is -0.394 e. The van der Waals surface area contributed by atoms with Gasteiger partial charge in [-0.05, 0) is 0 Å². The van der Waals surface area contributed by atoms with Crippen molar-refractivity contribution in [3.63, 3.8) is 0 Å². The predicted octanol–water partition coefficient (Wildman–Crippen LogP) is -3.02. The van der Waals surface area contributed by atoms with Gasteiger partial charge in [0.2, 0.25) is 5.95 Å². The van der Waals surface area contributed by atoms with Crippen LogP contribution in [0.5, 0.6) is 0 Å². The third-order valence-corrected chi connectivity index (χ3v) is 3.44. The lowest BCUT2D eigenvalue weighted by Gasteiger charge is -2.26. The van der Waals surface area contributed by atoms with E-state index in [0.29, 0.717) is 0 Å². The van der Waals surface area contributed by atoms with Crippen molar-refractivity contribution in [2.45, 2.75) is 24.5 Å². The number of nitrogens with two attached hydrogens (primary N) is 1. The molecule has 0 aromatic carbocycles. The van der Waals surface area contributed by atoms with Crippen LogP contribution in [0.2, 0.25) is 0 Å². The monoisotopic (exact) mass is 285 g/mol. The first-order valence-corrected chi connectivity index (χ1v) is 6.05. The number of anilines is 3. The van der Waals surface area contributed by atoms with Gasteiger partial charge in [0.25, 0.3) is 5.56 Å². The zero-order chi connectivity index (χ0) is 14.4. The average molecular weight is 285 g/mol. The Labute approximate surface area is 112 Å². The number of ether oxygens (including phenoxy) is 1. The van der Waals surface area contributed by atoms with E-state index in [9.17, 15) is 15.0 Å². The number of hydrogen-bond acceptors (Lipinski definition) is 9. The smallest absolute Gasteiger partial charge is 0.277 e. The van der Waals surface area contributed by atoms with Gasteiger partial charge in [0, 0.05) is 0 Å². The Morgan fingerprint density at radius 3 is 2.85 bits per heavy atom. The van der Waals surface area contributed by atoms with Gasteiger partial charge in [0.15, 0.2) is 12.0 Å². The molecule has 1 fully saturated rings. The van der Waals surface area contributed by atoms with E-state index in [-0.39, 0.29) is 24.1 Å². The maximum atomic E-state index is 11.7. The summed E-state index contributed by atoms with van der Waals surface area (Å²) in [6.07, 6.45) is -4.27. The molecule has 0 amide bonds. The topological polar surface area (TPSA) is 157 Å². The molecular formula is C10H15N5O5. The zero-order valence-electron chi connectivity index (χ0n) is 10.4. The lowest BCUT2D eigenvalue weighted by Crippen LogP contribution is -2.44. The summed E-state index contributed by atoms with van der Waals surface area (Å²) in [5, 5.41) is 31.6. The van der Waals surface area contributed by atoms with E-state index in [2.05, 4.69) is 15.3 Å². The first-order chi connectivity index (χ1) is 9.52. The second kappa shape index (κ2) is 4.59. The second-order valence-corrected chi connectivity index (χ2v) is 4.68. The SMILES string of the molecule is Nc1nc2c(c(=O)[nH]1)NCN2C1OC(CO)C(O)C1O. The van der Waals surface area contributed by atoms with Crippen LogP contribution in [0.3, 0.4) is 0 Å². The van der Waals surface area contributed by atoms with Gasteiger partial charge >= 0.3 is 0 Å². The minimum absolute atomic E-state index is 0.0609. The summed E-state index contributed by atoms with van der Waals surface area (Å²) in [7, 11) is 0. The van der Waals surface area contributed by atoms with E-state index in [1.165, 1.54) is 4.90 Å². The molecule has 3 heterocycles. The molecule has 1 saturated heterocycles. The number of aromatic nitrogens is 2. The molecule has 4 unspecified atom stereocenters. The highest BCUT2D eigenvalue weighted by molar-refractivity contribution is 5.71. The summed E-state index contributed by atoms with van der Waals surface area (Å²) in [5.74, 6) is 0.176. The van der Waals surface area contributed by atoms with Crippen molar-refractivity contribution >= 4 is 17.5 Å². The van der Waals surface area contributed by atoms with E-state index in [0.717, 1.165) is 0 Å². The van der Waals surface area contributed by atoms with Gasteiger partial charge in [-0.25, -0.2) is 0 Å². The summed E-state index contributed by atoms with van der Waals surface area (Å²) in [6, 6.07) is 0. The van der Waals surface area contributed by atoms with Gasteiger partial charge in [-0.2, -0.15) is 4.98 Å². The molecule has 0 radical (unpaired) electrons. The molecule has 1 aromatic heterocycles. The van der Waals surface area contributed by atoms with E-state index >= 15 is 0 Å². The molecule has 20 heavy (non-hydrogen) atoms. The van der Waals surface area contributed by atoms with Crippen molar-refractivity contribution in [2.24, 2.45) is 0 Å². The Morgan fingerprint density at radius 2 is 2.20 bits per heavy atom. The quantitative estimate of drug-likeness (QED) is 0.333. The Hall–Kier alpha value is -1.88. The van der Waals surface area contributed by atoms with Crippen molar-refractivity contribution in [1.29, 1.82) is 0 Å². The normalized spacial score (nSPS) is 32.2. The highest BCUT2D eigenvalue weighted by Crippen LogP contribution is 2.33. The molecule has 0 aliphatic carbocycles. The maximum absolute atomic E-state index is 11.7. The number of nitrogen functional groups attached to an aromatic ring is 1. The fourth-order valence-electron chi connectivity index (χ4n) is 2.43. The molecular weight excluding hydrogens is 270 g/mol. The van der Waals surface area contributed by atoms with Crippen LogP contribution in [0.25, 0.3) is 0 Å². The predicted molar refractivity (Wildman–Crippen MR) is 68.0 cm³/mol. The summed E-state index contributed by atoms with van der Waals surface area (Å²) < 4.78 is 5.40. The number of rotatable bonds is 2. The van der Waals surface area contributed by atoms with E-state index in [1.807, 2.05) is 0 Å². The van der Waals surface area contributed by atoms with Crippen LogP contribution >= 0.6 is 0 Å². The van der Waals surface area contributed by atoms with Crippen molar-refractivity contribution < 1.29 is 20.1 Å². The Kier molecular flexibility index (Phi) is 3.01. The van der Waals surface area contributed by atoms with Crippen LogP contribution in [-0.4, -0.2) is 63.1 Å². The van der Waals surface area contributed by atoms with Crippen LogP contribution in [0.15, 0.2) is 4.79 Å². The third kappa shape index (κ3) is 1.81. The molecule has 4 atom stereocenters. The first kappa shape index (κ1) is 13.1. The summed E-state index contributed by atoms with van der Waals surface area (Å²) in [4.78, 5) is 19.5. The van der Waals surface area contributed by atoms with Gasteiger partial charge in [-0.15, -0.1) is 0 Å². The molecule has 110 valence electrons. The lowest BCUT2D eigenvalue weighted by atomic mass is 10.1. The molecule has 10 heteroatoms. The first-order valence-electron chi connectivity index (χ1n) is 6.05. The number of hydrogen-bond donors (Lipinski definition) is 6. The number of fused-ring (bicyclic) bond motifs is 1. The van der Waals surface area contributed by atoms with E-state index < -0.39 is 36.7 Å². The summed E-state index contributed by atoms with van der Waals surface area (Å²) in [6.45, 7) is -0.255. The fraction of sp³-hybridized carbons (Fsp3) is 0.600. The van der Waals surface area contributed by atoms with Crippen molar-refractivity contribution in [3.05, 3.63) is 10.4 Å². The van der Waals surface area contributed by atoms with Crippen LogP contribution in [-0.2, 0) is 4.74 Å². The molecule has 0 bridgehead atoms. The Bertz CT molecular complexity index is 578. The van der Waals surface area contributed by atoms with Crippen LogP contribution in [0.1, 0.15) is 0 Å². The van der Waals surface area contributed by atoms with Gasteiger partial charge in [0.05, 0.1) is 13.3 Å². The lowest BCUT2D eigenvalue weighted by molar-refractivity contribution is -0.0219. The van der Waals surface area contributed by atoms with Crippen LogP contribution in [0, 0.1) is 0 Å². The molecule has 2 aliphatic rings.